The SMILES string of the molecule is CCOc1ccc(CC(NC(=O)OC(C)(C)C)C(=O)O)cc1. The van der Waals surface area contributed by atoms with Gasteiger partial charge >= 0.3 is 12.1 Å². The fourth-order valence-electron chi connectivity index (χ4n) is 1.77. The average Bonchev–Trinajstić information content (AvgIpc) is 2.38. The molecule has 0 bridgehead atoms. The summed E-state index contributed by atoms with van der Waals surface area (Å²) in [6, 6.07) is 6.04. The number of ether oxygens (including phenoxy) is 2. The predicted octanol–water partition coefficient (Wildman–Crippen LogP) is 2.61. The molecule has 0 aliphatic heterocycles. The summed E-state index contributed by atoms with van der Waals surface area (Å²) in [7, 11) is 0. The molecule has 122 valence electrons. The molecule has 2 N–H and O–H groups in total. The van der Waals surface area contributed by atoms with E-state index in [-0.39, 0.29) is 6.42 Å². The second-order valence-corrected chi connectivity index (χ2v) is 5.82. The van der Waals surface area contributed by atoms with Gasteiger partial charge in [0.05, 0.1) is 6.61 Å². The van der Waals surface area contributed by atoms with Gasteiger partial charge in [-0.3, -0.25) is 0 Å². The first-order valence-corrected chi connectivity index (χ1v) is 7.15. The van der Waals surface area contributed by atoms with Crippen molar-refractivity contribution in [2.75, 3.05) is 6.61 Å². The van der Waals surface area contributed by atoms with E-state index < -0.39 is 23.7 Å². The van der Waals surface area contributed by atoms with E-state index in [1.165, 1.54) is 0 Å². The third-order valence-electron chi connectivity index (χ3n) is 2.66. The number of hydrogen-bond acceptors (Lipinski definition) is 4. The zero-order valence-corrected chi connectivity index (χ0v) is 13.4. The quantitative estimate of drug-likeness (QED) is 0.843. The van der Waals surface area contributed by atoms with Gasteiger partial charge in [0.25, 0.3) is 0 Å². The highest BCUT2D eigenvalue weighted by Gasteiger charge is 2.24. The van der Waals surface area contributed by atoms with Crippen molar-refractivity contribution < 1.29 is 24.2 Å². The largest absolute Gasteiger partial charge is 0.494 e. The molecule has 0 spiro atoms. The third kappa shape index (κ3) is 6.47. The number of carbonyl (C=O) groups excluding carboxylic acids is 1. The lowest BCUT2D eigenvalue weighted by atomic mass is 10.1. The number of alkyl carbamates (subject to hydrolysis) is 1. The van der Waals surface area contributed by atoms with Crippen molar-refractivity contribution in [3.05, 3.63) is 29.8 Å². The Bertz CT molecular complexity index is 504. The Morgan fingerprint density at radius 2 is 1.82 bits per heavy atom. The molecule has 0 aliphatic rings. The molecule has 0 fully saturated rings. The van der Waals surface area contributed by atoms with Crippen LogP contribution in [-0.4, -0.2) is 35.4 Å². The molecule has 0 saturated carbocycles. The lowest BCUT2D eigenvalue weighted by Crippen LogP contribution is -2.44. The Balaban J connectivity index is 2.68. The molecule has 0 saturated heterocycles. The highest BCUT2D eigenvalue weighted by molar-refractivity contribution is 5.80. The van der Waals surface area contributed by atoms with Crippen molar-refractivity contribution in [1.82, 2.24) is 5.32 Å². The first-order chi connectivity index (χ1) is 10.2. The Morgan fingerprint density at radius 3 is 2.27 bits per heavy atom. The number of carboxylic acid groups (broad SMARTS) is 1. The summed E-state index contributed by atoms with van der Waals surface area (Å²) in [5, 5.41) is 11.6. The molecule has 1 unspecified atom stereocenters. The highest BCUT2D eigenvalue weighted by atomic mass is 16.6. The van der Waals surface area contributed by atoms with E-state index in [9.17, 15) is 14.7 Å². The van der Waals surface area contributed by atoms with Gasteiger partial charge in [-0.05, 0) is 45.4 Å². The summed E-state index contributed by atoms with van der Waals surface area (Å²) in [6.45, 7) is 7.61. The van der Waals surface area contributed by atoms with Crippen molar-refractivity contribution >= 4 is 12.1 Å². The van der Waals surface area contributed by atoms with Crippen molar-refractivity contribution in [3.8, 4) is 5.75 Å². The number of amides is 1. The van der Waals surface area contributed by atoms with Crippen LogP contribution >= 0.6 is 0 Å². The fraction of sp³-hybridized carbons (Fsp3) is 0.500. The van der Waals surface area contributed by atoms with E-state index in [0.717, 1.165) is 11.3 Å². The van der Waals surface area contributed by atoms with E-state index in [2.05, 4.69) is 5.32 Å². The number of carbonyl (C=O) groups is 2. The minimum atomic E-state index is -1.11. The summed E-state index contributed by atoms with van der Waals surface area (Å²) in [5.41, 5.74) is 0.110. The summed E-state index contributed by atoms with van der Waals surface area (Å²) < 4.78 is 10.4. The molecule has 1 atom stereocenters. The van der Waals surface area contributed by atoms with E-state index in [1.54, 1.807) is 45.0 Å². The predicted molar refractivity (Wildman–Crippen MR) is 82.1 cm³/mol. The van der Waals surface area contributed by atoms with Gasteiger partial charge < -0.3 is 19.9 Å². The third-order valence-corrected chi connectivity index (χ3v) is 2.66. The van der Waals surface area contributed by atoms with E-state index >= 15 is 0 Å². The molecule has 6 heteroatoms. The van der Waals surface area contributed by atoms with Crippen LogP contribution in [0.2, 0.25) is 0 Å². The van der Waals surface area contributed by atoms with Crippen LogP contribution in [0.3, 0.4) is 0 Å². The summed E-state index contributed by atoms with van der Waals surface area (Å²) in [4.78, 5) is 23.0. The molecular formula is C16H23NO5. The molecule has 1 rings (SSSR count). The molecule has 1 aromatic rings. The molecule has 6 nitrogen and oxygen atoms in total. The minimum Gasteiger partial charge on any atom is -0.494 e. The van der Waals surface area contributed by atoms with Crippen LogP contribution in [0.1, 0.15) is 33.3 Å². The minimum absolute atomic E-state index is 0.168. The molecule has 22 heavy (non-hydrogen) atoms. The fourth-order valence-corrected chi connectivity index (χ4v) is 1.77. The lowest BCUT2D eigenvalue weighted by Gasteiger charge is -2.22. The first kappa shape index (κ1) is 17.8. The second-order valence-electron chi connectivity index (χ2n) is 5.82. The van der Waals surface area contributed by atoms with Crippen molar-refractivity contribution in [1.29, 1.82) is 0 Å². The molecule has 1 amide bonds. The summed E-state index contributed by atoms with van der Waals surface area (Å²) in [5.74, 6) is -0.391. The van der Waals surface area contributed by atoms with Gasteiger partial charge in [0, 0.05) is 6.42 Å². The van der Waals surface area contributed by atoms with Crippen LogP contribution in [0.4, 0.5) is 4.79 Å². The smallest absolute Gasteiger partial charge is 0.408 e. The average molecular weight is 309 g/mol. The van der Waals surface area contributed by atoms with Crippen molar-refractivity contribution in [2.45, 2.75) is 45.8 Å². The van der Waals surface area contributed by atoms with Crippen LogP contribution < -0.4 is 10.1 Å². The molecular weight excluding hydrogens is 286 g/mol. The number of rotatable bonds is 6. The molecule has 0 heterocycles. The van der Waals surface area contributed by atoms with Gasteiger partial charge in [-0.15, -0.1) is 0 Å². The highest BCUT2D eigenvalue weighted by Crippen LogP contribution is 2.14. The molecule has 1 aromatic carbocycles. The van der Waals surface area contributed by atoms with Gasteiger partial charge in [0.2, 0.25) is 0 Å². The Labute approximate surface area is 130 Å². The molecule has 0 aliphatic carbocycles. The van der Waals surface area contributed by atoms with Gasteiger partial charge in [-0.2, -0.15) is 0 Å². The number of aliphatic carboxylic acids is 1. The molecule has 0 radical (unpaired) electrons. The van der Waals surface area contributed by atoms with Crippen LogP contribution in [0, 0.1) is 0 Å². The van der Waals surface area contributed by atoms with E-state index in [1.807, 2.05) is 6.92 Å². The topological polar surface area (TPSA) is 84.9 Å². The number of benzene rings is 1. The standard InChI is InChI=1S/C16H23NO5/c1-5-21-12-8-6-11(7-9-12)10-13(14(18)19)17-15(20)22-16(2,3)4/h6-9,13H,5,10H2,1-4H3,(H,17,20)(H,18,19). The monoisotopic (exact) mass is 309 g/mol. The zero-order chi connectivity index (χ0) is 16.8. The zero-order valence-electron chi connectivity index (χ0n) is 13.4. The number of hydrogen-bond donors (Lipinski definition) is 2. The van der Waals surface area contributed by atoms with Crippen molar-refractivity contribution in [2.24, 2.45) is 0 Å². The van der Waals surface area contributed by atoms with Crippen LogP contribution in [0.15, 0.2) is 24.3 Å². The van der Waals surface area contributed by atoms with Gasteiger partial charge in [-0.25, -0.2) is 9.59 Å². The number of nitrogens with one attached hydrogen (secondary N) is 1. The molecule has 0 aromatic heterocycles. The van der Waals surface area contributed by atoms with Crippen molar-refractivity contribution in [3.63, 3.8) is 0 Å². The van der Waals surface area contributed by atoms with Gasteiger partial charge in [0.15, 0.2) is 0 Å². The maximum atomic E-state index is 11.7. The normalized spacial score (nSPS) is 12.4. The van der Waals surface area contributed by atoms with Gasteiger partial charge in [0.1, 0.15) is 17.4 Å². The second kappa shape index (κ2) is 7.68. The van der Waals surface area contributed by atoms with Crippen LogP contribution in [0.25, 0.3) is 0 Å². The van der Waals surface area contributed by atoms with E-state index in [0.29, 0.717) is 6.61 Å². The Morgan fingerprint density at radius 1 is 1.23 bits per heavy atom. The lowest BCUT2D eigenvalue weighted by molar-refractivity contribution is -0.139. The van der Waals surface area contributed by atoms with E-state index in [4.69, 9.17) is 9.47 Å². The Kier molecular flexibility index (Phi) is 6.22. The number of carboxylic acids is 1. The maximum Gasteiger partial charge on any atom is 0.408 e. The van der Waals surface area contributed by atoms with Gasteiger partial charge in [-0.1, -0.05) is 12.1 Å². The van der Waals surface area contributed by atoms with Crippen LogP contribution in [0.5, 0.6) is 5.75 Å². The van der Waals surface area contributed by atoms with Crippen LogP contribution in [-0.2, 0) is 16.0 Å². The maximum absolute atomic E-state index is 11.7. The summed E-state index contributed by atoms with van der Waals surface area (Å²) in [6.07, 6.45) is -0.577. The first-order valence-electron chi connectivity index (χ1n) is 7.15. The Hall–Kier alpha value is -2.24. The summed E-state index contributed by atoms with van der Waals surface area (Å²) >= 11 is 0.